The number of carbonyl (C=O) groups is 1. The van der Waals surface area contributed by atoms with Crippen LogP contribution in [0.3, 0.4) is 0 Å². The molecule has 2 aromatic rings. The first-order chi connectivity index (χ1) is 10.8. The van der Waals surface area contributed by atoms with E-state index in [2.05, 4.69) is 5.32 Å². The number of amides is 1. The smallest absolute Gasteiger partial charge is 0.285 e. The molecule has 2 rings (SSSR count). The fourth-order valence-electron chi connectivity index (χ4n) is 1.86. The van der Waals surface area contributed by atoms with Gasteiger partial charge in [-0.2, -0.15) is 0 Å². The molecule has 1 aromatic carbocycles. The molecule has 7 nitrogen and oxygen atoms in total. The molecule has 0 bridgehead atoms. The number of nitrogens with zero attached hydrogens (tertiary/aromatic N) is 2. The Morgan fingerprint density at radius 2 is 2.00 bits per heavy atom. The Balaban J connectivity index is 2.24. The number of rotatable bonds is 4. The monoisotopic (exact) mass is 355 g/mol. The van der Waals surface area contributed by atoms with Crippen LogP contribution in [0.2, 0.25) is 10.0 Å². The van der Waals surface area contributed by atoms with Crippen molar-refractivity contribution in [1.29, 1.82) is 0 Å². The highest BCUT2D eigenvalue weighted by molar-refractivity contribution is 6.40. The Labute approximate surface area is 140 Å². The van der Waals surface area contributed by atoms with E-state index in [1.54, 1.807) is 19.1 Å². The molecular formula is C14H11Cl2N3O4. The van der Waals surface area contributed by atoms with Crippen LogP contribution < -0.4 is 10.9 Å². The van der Waals surface area contributed by atoms with Gasteiger partial charge in [-0.15, -0.1) is 0 Å². The molecule has 23 heavy (non-hydrogen) atoms. The zero-order chi connectivity index (χ0) is 17.1. The number of nitrogens with one attached hydrogen (secondary N) is 1. The van der Waals surface area contributed by atoms with Gasteiger partial charge in [-0.3, -0.25) is 24.3 Å². The fraction of sp³-hybridized carbons (Fsp3) is 0.143. The first-order valence-electron chi connectivity index (χ1n) is 6.39. The van der Waals surface area contributed by atoms with Crippen molar-refractivity contribution in [1.82, 2.24) is 4.57 Å². The molecule has 0 spiro atoms. The lowest BCUT2D eigenvalue weighted by atomic mass is 10.2. The summed E-state index contributed by atoms with van der Waals surface area (Å²) in [5.74, 6) is -0.581. The molecule has 0 saturated carbocycles. The summed E-state index contributed by atoms with van der Waals surface area (Å²) in [7, 11) is 0. The third kappa shape index (κ3) is 3.88. The van der Waals surface area contributed by atoms with Crippen LogP contribution >= 0.6 is 23.2 Å². The van der Waals surface area contributed by atoms with Gasteiger partial charge in [0.2, 0.25) is 5.91 Å². The molecule has 120 valence electrons. The number of aryl methyl sites for hydroxylation is 1. The average molecular weight is 356 g/mol. The molecule has 9 heteroatoms. The van der Waals surface area contributed by atoms with Gasteiger partial charge in [0.05, 0.1) is 26.9 Å². The molecule has 0 saturated heterocycles. The summed E-state index contributed by atoms with van der Waals surface area (Å²) in [5.41, 5.74) is 0.131. The maximum Gasteiger partial charge on any atom is 0.285 e. The lowest BCUT2D eigenvalue weighted by Gasteiger charge is -2.11. The molecule has 0 unspecified atom stereocenters. The van der Waals surface area contributed by atoms with E-state index in [4.69, 9.17) is 23.2 Å². The fourth-order valence-corrected chi connectivity index (χ4v) is 2.32. The van der Waals surface area contributed by atoms with Crippen molar-refractivity contribution in [2.24, 2.45) is 0 Å². The Hall–Kier alpha value is -2.38. The molecule has 0 radical (unpaired) electrons. The van der Waals surface area contributed by atoms with E-state index in [0.29, 0.717) is 0 Å². The lowest BCUT2D eigenvalue weighted by Crippen LogP contribution is -2.27. The number of hydrogen-bond acceptors (Lipinski definition) is 4. The molecule has 0 aliphatic carbocycles. The van der Waals surface area contributed by atoms with Crippen LogP contribution in [-0.4, -0.2) is 15.4 Å². The summed E-state index contributed by atoms with van der Waals surface area (Å²) < 4.78 is 0.936. The number of carbonyl (C=O) groups excluding carboxylic acids is 1. The Bertz CT molecular complexity index is 848. The van der Waals surface area contributed by atoms with Gasteiger partial charge in [0, 0.05) is 12.1 Å². The number of pyridine rings is 1. The van der Waals surface area contributed by atoms with Crippen molar-refractivity contribution in [2.75, 3.05) is 5.32 Å². The first-order valence-corrected chi connectivity index (χ1v) is 7.14. The van der Waals surface area contributed by atoms with Gasteiger partial charge in [0.1, 0.15) is 6.54 Å². The second-order valence-electron chi connectivity index (χ2n) is 4.71. The normalized spacial score (nSPS) is 10.4. The highest BCUT2D eigenvalue weighted by Crippen LogP contribution is 2.32. The Kier molecular flexibility index (Phi) is 5.02. The van der Waals surface area contributed by atoms with E-state index in [1.807, 2.05) is 0 Å². The van der Waals surface area contributed by atoms with Crippen LogP contribution in [-0.2, 0) is 11.3 Å². The van der Waals surface area contributed by atoms with Crippen LogP contribution in [0.25, 0.3) is 0 Å². The topological polar surface area (TPSA) is 94.2 Å². The van der Waals surface area contributed by atoms with Gasteiger partial charge in [-0.05, 0) is 18.6 Å². The van der Waals surface area contributed by atoms with Crippen molar-refractivity contribution >= 4 is 40.5 Å². The van der Waals surface area contributed by atoms with Crippen LogP contribution in [0.15, 0.2) is 35.3 Å². The number of anilines is 1. The van der Waals surface area contributed by atoms with E-state index in [-0.39, 0.29) is 21.4 Å². The minimum Gasteiger partial charge on any atom is -0.322 e. The maximum atomic E-state index is 12.1. The SMILES string of the molecule is Cc1ccc(Cl)c(NC(=O)Cn2cc([N+](=O)[O-])ccc2=O)c1Cl. The molecule has 1 N–H and O–H groups in total. The van der Waals surface area contributed by atoms with Crippen molar-refractivity contribution in [3.05, 3.63) is 66.5 Å². The minimum absolute atomic E-state index is 0.233. The van der Waals surface area contributed by atoms with Crippen LogP contribution in [0, 0.1) is 17.0 Å². The van der Waals surface area contributed by atoms with Gasteiger partial charge in [-0.25, -0.2) is 0 Å². The van der Waals surface area contributed by atoms with Gasteiger partial charge in [-0.1, -0.05) is 29.3 Å². The van der Waals surface area contributed by atoms with Gasteiger partial charge < -0.3 is 5.32 Å². The summed E-state index contributed by atoms with van der Waals surface area (Å²) in [6.07, 6.45) is 1.00. The van der Waals surface area contributed by atoms with Crippen LogP contribution in [0.4, 0.5) is 11.4 Å². The largest absolute Gasteiger partial charge is 0.322 e. The Morgan fingerprint density at radius 1 is 1.30 bits per heavy atom. The second kappa shape index (κ2) is 6.80. The van der Waals surface area contributed by atoms with E-state index in [9.17, 15) is 19.7 Å². The molecular weight excluding hydrogens is 345 g/mol. The van der Waals surface area contributed by atoms with Crippen LogP contribution in [0.5, 0.6) is 0 Å². The molecule has 0 atom stereocenters. The molecule has 1 heterocycles. The summed E-state index contributed by atoms with van der Waals surface area (Å²) in [6.45, 7) is 1.35. The molecule has 1 amide bonds. The standard InChI is InChI=1S/C14H11Cl2N3O4/c1-8-2-4-10(15)14(13(8)16)17-11(20)7-18-6-9(19(22)23)3-5-12(18)21/h2-6H,7H2,1H3,(H,17,20). The zero-order valence-electron chi connectivity index (χ0n) is 11.9. The third-order valence-corrected chi connectivity index (χ3v) is 3.84. The molecule has 0 aliphatic rings. The van der Waals surface area contributed by atoms with Crippen molar-refractivity contribution in [3.63, 3.8) is 0 Å². The Morgan fingerprint density at radius 3 is 2.65 bits per heavy atom. The minimum atomic E-state index is -0.651. The van der Waals surface area contributed by atoms with Crippen LogP contribution in [0.1, 0.15) is 5.56 Å². The number of nitro groups is 1. The number of benzene rings is 1. The van der Waals surface area contributed by atoms with Crippen molar-refractivity contribution in [2.45, 2.75) is 13.5 Å². The average Bonchev–Trinajstić information content (AvgIpc) is 2.49. The predicted molar refractivity (Wildman–Crippen MR) is 87.2 cm³/mol. The number of halogens is 2. The van der Waals surface area contributed by atoms with Gasteiger partial charge in [0.15, 0.2) is 0 Å². The van der Waals surface area contributed by atoms with E-state index >= 15 is 0 Å². The first kappa shape index (κ1) is 17.0. The molecule has 1 aromatic heterocycles. The molecule has 0 fully saturated rings. The zero-order valence-corrected chi connectivity index (χ0v) is 13.4. The van der Waals surface area contributed by atoms with Gasteiger partial charge in [0.25, 0.3) is 11.2 Å². The van der Waals surface area contributed by atoms with E-state index in [1.165, 1.54) is 0 Å². The second-order valence-corrected chi connectivity index (χ2v) is 5.50. The highest BCUT2D eigenvalue weighted by atomic mass is 35.5. The maximum absolute atomic E-state index is 12.1. The molecule has 0 aliphatic heterocycles. The predicted octanol–water partition coefficient (Wildman–Crippen LogP) is 3.01. The van der Waals surface area contributed by atoms with E-state index in [0.717, 1.165) is 28.5 Å². The summed E-state index contributed by atoms with van der Waals surface area (Å²) in [6, 6.07) is 5.38. The van der Waals surface area contributed by atoms with Gasteiger partial charge >= 0.3 is 0 Å². The number of hydrogen-bond donors (Lipinski definition) is 1. The summed E-state index contributed by atoms with van der Waals surface area (Å²) in [4.78, 5) is 33.8. The van der Waals surface area contributed by atoms with E-state index < -0.39 is 22.9 Å². The van der Waals surface area contributed by atoms with Crippen molar-refractivity contribution in [3.8, 4) is 0 Å². The summed E-state index contributed by atoms with van der Waals surface area (Å²) in [5, 5.41) is 13.8. The third-order valence-electron chi connectivity index (χ3n) is 3.04. The lowest BCUT2D eigenvalue weighted by molar-refractivity contribution is -0.385. The summed E-state index contributed by atoms with van der Waals surface area (Å²) >= 11 is 12.1. The number of aromatic nitrogens is 1. The van der Waals surface area contributed by atoms with Crippen molar-refractivity contribution < 1.29 is 9.72 Å². The quantitative estimate of drug-likeness (QED) is 0.673. The highest BCUT2D eigenvalue weighted by Gasteiger charge is 2.14.